The second-order valence-corrected chi connectivity index (χ2v) is 9.27. The summed E-state index contributed by atoms with van der Waals surface area (Å²) in [5.74, 6) is 0. The van der Waals surface area contributed by atoms with Crippen molar-refractivity contribution in [3.63, 3.8) is 0 Å². The van der Waals surface area contributed by atoms with Crippen molar-refractivity contribution in [2.45, 2.75) is 19.4 Å². The zero-order valence-corrected chi connectivity index (χ0v) is 11.4. The topological polar surface area (TPSA) is 83.6 Å². The molecule has 1 aliphatic rings. The molecular weight excluding hydrogens is 252 g/mol. The van der Waals surface area contributed by atoms with Crippen LogP contribution in [-0.4, -0.2) is 57.7 Å². The molecule has 1 saturated heterocycles. The molecule has 1 fully saturated rings. The maximum Gasteiger partial charge on any atom is 0.228 e. The van der Waals surface area contributed by atoms with E-state index in [9.17, 15) is 16.8 Å². The fourth-order valence-electron chi connectivity index (χ4n) is 1.68. The smallest absolute Gasteiger partial charge is 0.228 e. The van der Waals surface area contributed by atoms with Crippen LogP contribution in [0.4, 0.5) is 0 Å². The summed E-state index contributed by atoms with van der Waals surface area (Å²) in [4.78, 5) is 0. The predicted molar refractivity (Wildman–Crippen MR) is 62.3 cm³/mol. The first-order chi connectivity index (χ1) is 7.02. The second kappa shape index (κ2) is 4.25. The van der Waals surface area contributed by atoms with Gasteiger partial charge in [-0.25, -0.2) is 16.8 Å². The van der Waals surface area contributed by atoms with E-state index in [1.807, 2.05) is 13.8 Å². The van der Waals surface area contributed by atoms with Crippen molar-refractivity contribution in [1.29, 1.82) is 0 Å². The monoisotopic (exact) mass is 270 g/mol. The van der Waals surface area contributed by atoms with Gasteiger partial charge in [0.2, 0.25) is 10.0 Å². The summed E-state index contributed by atoms with van der Waals surface area (Å²) < 4.78 is 46.9. The highest BCUT2D eigenvalue weighted by Crippen LogP contribution is 2.15. The van der Waals surface area contributed by atoms with Gasteiger partial charge in [0, 0.05) is 31.4 Å². The van der Waals surface area contributed by atoms with Crippen molar-refractivity contribution in [1.82, 2.24) is 9.62 Å². The lowest BCUT2D eigenvalue weighted by molar-refractivity contribution is 0.234. The number of nitrogens with zero attached hydrogens (tertiary/aromatic N) is 1. The molecule has 0 unspecified atom stereocenters. The van der Waals surface area contributed by atoms with Crippen LogP contribution in [0.2, 0.25) is 0 Å². The molecule has 1 N–H and O–H groups in total. The van der Waals surface area contributed by atoms with Crippen LogP contribution in [0.5, 0.6) is 0 Å². The lowest BCUT2D eigenvalue weighted by atomic mass is 10.0. The Morgan fingerprint density at radius 1 is 1.25 bits per heavy atom. The Bertz CT molecular complexity index is 452. The van der Waals surface area contributed by atoms with Crippen molar-refractivity contribution in [2.24, 2.45) is 0 Å². The quantitative estimate of drug-likeness (QED) is 0.711. The zero-order valence-electron chi connectivity index (χ0n) is 9.73. The first-order valence-electron chi connectivity index (χ1n) is 4.92. The third-order valence-corrected chi connectivity index (χ3v) is 6.30. The summed E-state index contributed by atoms with van der Waals surface area (Å²) in [5.41, 5.74) is -0.317. The normalized spacial score (nSPS) is 23.2. The van der Waals surface area contributed by atoms with E-state index in [1.54, 1.807) is 0 Å². The van der Waals surface area contributed by atoms with Crippen LogP contribution >= 0.6 is 0 Å². The molecule has 0 aliphatic carbocycles. The van der Waals surface area contributed by atoms with Gasteiger partial charge in [0.15, 0.2) is 14.9 Å². The van der Waals surface area contributed by atoms with Gasteiger partial charge in [-0.2, -0.15) is 4.31 Å². The van der Waals surface area contributed by atoms with E-state index in [-0.39, 0.29) is 5.54 Å². The molecule has 1 aliphatic heterocycles. The van der Waals surface area contributed by atoms with Gasteiger partial charge in [-0.1, -0.05) is 0 Å². The zero-order chi connectivity index (χ0) is 12.6. The van der Waals surface area contributed by atoms with Gasteiger partial charge in [-0.3, -0.25) is 0 Å². The Hall–Kier alpha value is -0.180. The van der Waals surface area contributed by atoms with E-state index in [0.717, 1.165) is 6.26 Å². The number of piperazine rings is 1. The molecular formula is C8H18N2O4S2. The Morgan fingerprint density at radius 2 is 1.81 bits per heavy atom. The Balaban J connectivity index is 2.85. The lowest BCUT2D eigenvalue weighted by Crippen LogP contribution is -2.58. The number of sulfone groups is 1. The molecule has 0 amide bonds. The summed E-state index contributed by atoms with van der Waals surface area (Å²) in [6.45, 7) is 4.92. The molecule has 16 heavy (non-hydrogen) atoms. The summed E-state index contributed by atoms with van der Waals surface area (Å²) in [6, 6.07) is 0. The highest BCUT2D eigenvalue weighted by molar-refractivity contribution is 8.06. The van der Waals surface area contributed by atoms with Crippen LogP contribution in [0, 0.1) is 0 Å². The number of hydrogen-bond donors (Lipinski definition) is 1. The van der Waals surface area contributed by atoms with Gasteiger partial charge in [-0.15, -0.1) is 0 Å². The third-order valence-electron chi connectivity index (χ3n) is 2.29. The molecule has 0 bridgehead atoms. The molecule has 0 atom stereocenters. The molecule has 6 nitrogen and oxygen atoms in total. The number of hydrogen-bond acceptors (Lipinski definition) is 5. The number of sulfonamides is 1. The third kappa shape index (κ3) is 4.00. The molecule has 1 heterocycles. The molecule has 96 valence electrons. The molecule has 0 saturated carbocycles. The molecule has 0 aromatic heterocycles. The average molecular weight is 270 g/mol. The first-order valence-corrected chi connectivity index (χ1v) is 8.59. The second-order valence-electron chi connectivity index (χ2n) is 4.80. The average Bonchev–Trinajstić information content (AvgIpc) is 1.97. The van der Waals surface area contributed by atoms with Gasteiger partial charge in [0.1, 0.15) is 0 Å². The van der Waals surface area contributed by atoms with Gasteiger partial charge < -0.3 is 5.32 Å². The maximum absolute atomic E-state index is 11.8. The molecule has 0 aromatic rings. The minimum Gasteiger partial charge on any atom is -0.309 e. The summed E-state index contributed by atoms with van der Waals surface area (Å²) in [7, 11) is -7.23. The summed E-state index contributed by atoms with van der Waals surface area (Å²) in [6.07, 6.45) is 0.928. The fourth-order valence-corrected chi connectivity index (χ4v) is 5.33. The fraction of sp³-hybridized carbons (Fsp3) is 1.00. The predicted octanol–water partition coefficient (Wildman–Crippen LogP) is -0.998. The summed E-state index contributed by atoms with van der Waals surface area (Å²) in [5, 5.41) is 2.36. The van der Waals surface area contributed by atoms with Gasteiger partial charge >= 0.3 is 0 Å². The van der Waals surface area contributed by atoms with Crippen molar-refractivity contribution in [2.75, 3.05) is 31.0 Å². The standard InChI is InChI=1S/C8H18N2O4S2/c1-8(2)6-10(5-4-9-8)16(13,14)7-15(3,11)12/h9H,4-7H2,1-3H3. The molecule has 0 radical (unpaired) electrons. The van der Waals surface area contributed by atoms with Crippen LogP contribution in [0.3, 0.4) is 0 Å². The van der Waals surface area contributed by atoms with E-state index in [2.05, 4.69) is 5.32 Å². The number of nitrogens with one attached hydrogen (secondary N) is 1. The van der Waals surface area contributed by atoms with Gasteiger partial charge in [0.05, 0.1) is 0 Å². The Labute approximate surface area is 97.0 Å². The highest BCUT2D eigenvalue weighted by atomic mass is 32.3. The minimum atomic E-state index is -3.71. The Kier molecular flexibility index (Phi) is 3.68. The number of rotatable bonds is 3. The summed E-state index contributed by atoms with van der Waals surface area (Å²) >= 11 is 0. The van der Waals surface area contributed by atoms with E-state index < -0.39 is 24.9 Å². The van der Waals surface area contributed by atoms with Crippen molar-refractivity contribution in [3.05, 3.63) is 0 Å². The van der Waals surface area contributed by atoms with Crippen molar-refractivity contribution >= 4 is 19.9 Å². The maximum atomic E-state index is 11.8. The van der Waals surface area contributed by atoms with Crippen molar-refractivity contribution < 1.29 is 16.8 Å². The first kappa shape index (κ1) is 13.9. The molecule has 1 rings (SSSR count). The van der Waals surface area contributed by atoms with E-state index in [0.29, 0.717) is 19.6 Å². The van der Waals surface area contributed by atoms with E-state index in [4.69, 9.17) is 0 Å². The van der Waals surface area contributed by atoms with Crippen molar-refractivity contribution in [3.8, 4) is 0 Å². The molecule has 0 aromatic carbocycles. The van der Waals surface area contributed by atoms with Gasteiger partial charge in [-0.05, 0) is 13.8 Å². The van der Waals surface area contributed by atoms with Crippen LogP contribution in [0.1, 0.15) is 13.8 Å². The lowest BCUT2D eigenvalue weighted by Gasteiger charge is -2.38. The van der Waals surface area contributed by atoms with Crippen LogP contribution in [-0.2, 0) is 19.9 Å². The molecule has 8 heteroatoms. The van der Waals surface area contributed by atoms with E-state index in [1.165, 1.54) is 4.31 Å². The SMILES string of the molecule is CC1(C)CN(S(=O)(=O)CS(C)(=O)=O)CCN1. The Morgan fingerprint density at radius 3 is 2.25 bits per heavy atom. The van der Waals surface area contributed by atoms with E-state index >= 15 is 0 Å². The minimum absolute atomic E-state index is 0.296. The van der Waals surface area contributed by atoms with Gasteiger partial charge in [0.25, 0.3) is 0 Å². The van der Waals surface area contributed by atoms with Crippen LogP contribution in [0.15, 0.2) is 0 Å². The van der Waals surface area contributed by atoms with Crippen LogP contribution < -0.4 is 5.32 Å². The molecule has 0 spiro atoms. The largest absolute Gasteiger partial charge is 0.309 e. The highest BCUT2D eigenvalue weighted by Gasteiger charge is 2.34. The van der Waals surface area contributed by atoms with Crippen LogP contribution in [0.25, 0.3) is 0 Å².